The number of unbranched alkanes of at least 4 members (excludes halogenated alkanes) is 27. The minimum Gasteiger partial charge on any atom is -0.756 e. The van der Waals surface area contributed by atoms with Gasteiger partial charge in [0.2, 0.25) is 0 Å². The number of hydrogen-bond acceptors (Lipinski definition) is 8. The van der Waals surface area contributed by atoms with E-state index in [2.05, 4.69) is 13.8 Å². The van der Waals surface area contributed by atoms with Gasteiger partial charge in [-0.2, -0.15) is 0 Å². The van der Waals surface area contributed by atoms with Gasteiger partial charge in [-0.25, -0.2) is 0 Å². The van der Waals surface area contributed by atoms with Crippen LogP contribution in [0.4, 0.5) is 0 Å². The number of phosphoric acid groups is 2. The molecule has 12 heteroatoms. The van der Waals surface area contributed by atoms with Gasteiger partial charge in [-0.05, 0) is 25.7 Å². The van der Waals surface area contributed by atoms with Crippen molar-refractivity contribution in [2.24, 2.45) is 0 Å². The summed E-state index contributed by atoms with van der Waals surface area (Å²) in [5, 5.41) is 0. The number of rotatable bonds is 39. The smallest absolute Gasteiger partial charge is 0.756 e. The third-order valence-corrected chi connectivity index (χ3v) is 10.5. The van der Waals surface area contributed by atoms with Crippen LogP contribution < -0.4 is 68.9 Å². The number of hydrogen-bond donors (Lipinski definition) is 0. The fourth-order valence-electron chi connectivity index (χ4n) is 5.58. The van der Waals surface area contributed by atoms with Crippen LogP contribution in [-0.2, 0) is 27.2 Å². The molecule has 0 radical (unpaired) electrons. The molecule has 0 aliphatic heterocycles. The van der Waals surface area contributed by atoms with Crippen LogP contribution in [0.25, 0.3) is 0 Å². The van der Waals surface area contributed by atoms with Crippen LogP contribution in [0.3, 0.4) is 0 Å². The molecule has 0 aliphatic rings. The molecule has 0 amide bonds. The molecule has 0 aliphatic carbocycles. The standard InChI is InChI=1S/C36H76O8P2.2Na/c1-3-5-7-9-11-13-17-21-25-29-33-41-45(37,38)43-35-31-27-23-19-15-16-20-24-28-32-36-44-46(39,40)42-34-30-26-22-18-14-12-10-8-6-4-2;;/h3-36H2,1-2H3,(H,37,38)(H,39,40);;/q;2*+1/p-2. The van der Waals surface area contributed by atoms with Gasteiger partial charge in [-0.3, -0.25) is 9.13 Å². The molecule has 2 atom stereocenters. The van der Waals surface area contributed by atoms with E-state index in [0.29, 0.717) is 0 Å². The predicted octanol–water partition coefficient (Wildman–Crippen LogP) is 5.74. The van der Waals surface area contributed by atoms with E-state index in [1.165, 1.54) is 89.9 Å². The Labute approximate surface area is 341 Å². The summed E-state index contributed by atoms with van der Waals surface area (Å²) in [6.07, 6.45) is 34.0. The minimum atomic E-state index is -4.18. The normalized spacial score (nSPS) is 13.8. The molecule has 278 valence electrons. The van der Waals surface area contributed by atoms with Crippen molar-refractivity contribution in [3.05, 3.63) is 0 Å². The molecule has 0 heterocycles. The van der Waals surface area contributed by atoms with E-state index in [1.54, 1.807) is 0 Å². The largest absolute Gasteiger partial charge is 1.00 e. The van der Waals surface area contributed by atoms with Crippen molar-refractivity contribution in [2.75, 3.05) is 26.4 Å². The fraction of sp³-hybridized carbons (Fsp3) is 1.00. The zero-order valence-corrected chi connectivity index (χ0v) is 38.0. The summed E-state index contributed by atoms with van der Waals surface area (Å²) in [7, 11) is -8.35. The summed E-state index contributed by atoms with van der Waals surface area (Å²) < 4.78 is 43.8. The average Bonchev–Trinajstić information content (AvgIpc) is 3.02. The van der Waals surface area contributed by atoms with Gasteiger partial charge in [0.05, 0.1) is 26.4 Å². The van der Waals surface area contributed by atoms with Gasteiger partial charge >= 0.3 is 59.1 Å². The number of phosphoric ester groups is 2. The van der Waals surface area contributed by atoms with Crippen LogP contribution in [0.5, 0.6) is 0 Å². The molecule has 0 bridgehead atoms. The first kappa shape index (κ1) is 54.6. The van der Waals surface area contributed by atoms with Crippen molar-refractivity contribution in [1.29, 1.82) is 0 Å². The van der Waals surface area contributed by atoms with Gasteiger partial charge in [0, 0.05) is 0 Å². The van der Waals surface area contributed by atoms with E-state index in [1.807, 2.05) is 0 Å². The third kappa shape index (κ3) is 44.4. The van der Waals surface area contributed by atoms with E-state index >= 15 is 0 Å². The molecule has 8 nitrogen and oxygen atoms in total. The van der Waals surface area contributed by atoms with E-state index in [4.69, 9.17) is 18.1 Å². The molecule has 0 aromatic rings. The summed E-state index contributed by atoms with van der Waals surface area (Å²) in [5.74, 6) is 0. The third-order valence-electron chi connectivity index (χ3n) is 8.53. The Morgan fingerprint density at radius 1 is 0.312 bits per heavy atom. The second-order valence-electron chi connectivity index (χ2n) is 13.1. The Morgan fingerprint density at radius 3 is 0.625 bits per heavy atom. The van der Waals surface area contributed by atoms with Gasteiger partial charge in [0.25, 0.3) is 15.6 Å². The Balaban J connectivity index is -0.0000101. The van der Waals surface area contributed by atoms with E-state index in [9.17, 15) is 18.9 Å². The van der Waals surface area contributed by atoms with Crippen LogP contribution in [0.2, 0.25) is 0 Å². The molecule has 0 aromatic heterocycles. The fourth-order valence-corrected chi connectivity index (χ4v) is 7.14. The molecule has 48 heavy (non-hydrogen) atoms. The van der Waals surface area contributed by atoms with Gasteiger partial charge < -0.3 is 27.9 Å². The Hall–Kier alpha value is 2.22. The summed E-state index contributed by atoms with van der Waals surface area (Å²) in [6, 6.07) is 0. The Morgan fingerprint density at radius 2 is 0.458 bits per heavy atom. The monoisotopic (exact) mass is 742 g/mol. The van der Waals surface area contributed by atoms with Crippen molar-refractivity contribution < 1.29 is 96.1 Å². The summed E-state index contributed by atoms with van der Waals surface area (Å²) in [4.78, 5) is 23.8. The van der Waals surface area contributed by atoms with Gasteiger partial charge in [0.1, 0.15) is 0 Å². The maximum absolute atomic E-state index is 11.9. The van der Waals surface area contributed by atoms with Crippen molar-refractivity contribution >= 4 is 15.6 Å². The maximum Gasteiger partial charge on any atom is 1.00 e. The molecular formula is C36H74Na2O8P2. The second-order valence-corrected chi connectivity index (χ2v) is 15.9. The molecule has 0 N–H and O–H groups in total. The van der Waals surface area contributed by atoms with Crippen LogP contribution in [0.15, 0.2) is 0 Å². The van der Waals surface area contributed by atoms with Crippen molar-refractivity contribution in [3.8, 4) is 0 Å². The Kier molecular flexibility index (Phi) is 47.7. The van der Waals surface area contributed by atoms with Gasteiger partial charge in [0.15, 0.2) is 0 Å². The van der Waals surface area contributed by atoms with Crippen LogP contribution in [0.1, 0.15) is 206 Å². The first-order valence-corrected chi connectivity index (χ1v) is 22.5. The van der Waals surface area contributed by atoms with Gasteiger partial charge in [-0.15, -0.1) is 0 Å². The van der Waals surface area contributed by atoms with E-state index < -0.39 is 15.6 Å². The van der Waals surface area contributed by atoms with Crippen molar-refractivity contribution in [1.82, 2.24) is 0 Å². The first-order valence-electron chi connectivity index (χ1n) is 19.5. The summed E-state index contributed by atoms with van der Waals surface area (Å²) in [5.41, 5.74) is 0. The molecule has 0 rings (SSSR count). The summed E-state index contributed by atoms with van der Waals surface area (Å²) >= 11 is 0. The maximum atomic E-state index is 11.9. The summed E-state index contributed by atoms with van der Waals surface area (Å²) in [6.45, 7) is 5.30. The SMILES string of the molecule is CCCCCCCCCCCCOP(=O)([O-])OCCCCCCCCCCCCOP(=O)([O-])OCCCCCCCCCCCC.[Na+].[Na+]. The van der Waals surface area contributed by atoms with Crippen LogP contribution >= 0.6 is 15.6 Å². The molecule has 0 aromatic carbocycles. The first-order chi connectivity index (χ1) is 22.3. The van der Waals surface area contributed by atoms with E-state index in [-0.39, 0.29) is 85.5 Å². The quantitative estimate of drug-likeness (QED) is 0.0445. The minimum absolute atomic E-state index is 0. The molecular weight excluding hydrogens is 668 g/mol. The van der Waals surface area contributed by atoms with Gasteiger partial charge in [-0.1, -0.05) is 181 Å². The zero-order valence-electron chi connectivity index (χ0n) is 32.2. The van der Waals surface area contributed by atoms with E-state index in [0.717, 1.165) is 103 Å². The molecule has 0 saturated heterocycles. The van der Waals surface area contributed by atoms with Crippen molar-refractivity contribution in [2.45, 2.75) is 206 Å². The topological polar surface area (TPSA) is 117 Å². The van der Waals surface area contributed by atoms with Crippen LogP contribution in [0, 0.1) is 0 Å². The second kappa shape index (κ2) is 42.0. The molecule has 2 unspecified atom stereocenters. The molecule has 0 fully saturated rings. The Bertz CT molecular complexity index is 663. The molecule has 0 saturated carbocycles. The predicted molar refractivity (Wildman–Crippen MR) is 189 cm³/mol. The molecule has 0 spiro atoms. The van der Waals surface area contributed by atoms with Crippen molar-refractivity contribution in [3.63, 3.8) is 0 Å². The average molecular weight is 743 g/mol. The van der Waals surface area contributed by atoms with Crippen LogP contribution in [-0.4, -0.2) is 26.4 Å². The zero-order chi connectivity index (χ0) is 33.9.